The molecule has 4 rings (SSSR count). The van der Waals surface area contributed by atoms with Crippen LogP contribution in [-0.4, -0.2) is 90.8 Å². The van der Waals surface area contributed by atoms with Crippen molar-refractivity contribution in [2.45, 2.75) is 25.2 Å². The molecule has 0 aliphatic carbocycles. The van der Waals surface area contributed by atoms with Crippen LogP contribution in [0.5, 0.6) is 0 Å². The largest absolute Gasteiger partial charge is 0.303 e. The Morgan fingerprint density at radius 2 is 1.10 bits per heavy atom. The Morgan fingerprint density at radius 3 is 1.50 bits per heavy atom. The second-order valence-electron chi connectivity index (χ2n) is 8.87. The molecule has 5 heteroatoms. The molecule has 2 aliphatic rings. The molecule has 2 aromatic rings. The first kappa shape index (κ1) is 21.2. The van der Waals surface area contributed by atoms with E-state index < -0.39 is 0 Å². The van der Waals surface area contributed by atoms with Gasteiger partial charge in [-0.1, -0.05) is 60.7 Å². The molecule has 2 aromatic carbocycles. The summed E-state index contributed by atoms with van der Waals surface area (Å²) in [6, 6.07) is 21.0. The zero-order valence-corrected chi connectivity index (χ0v) is 18.3. The Hall–Kier alpha value is -2.05. The number of hydrogen-bond acceptors (Lipinski definition) is 5. The van der Waals surface area contributed by atoms with Gasteiger partial charge in [0.25, 0.3) is 0 Å². The number of hydrogen-bond donors (Lipinski definition) is 0. The number of carbonyl (C=O) groups excluding carboxylic acids is 1. The van der Waals surface area contributed by atoms with Crippen molar-refractivity contribution >= 4 is 5.78 Å². The second-order valence-corrected chi connectivity index (χ2v) is 8.87. The van der Waals surface area contributed by atoms with E-state index in [1.807, 2.05) is 0 Å². The standard InChI is InChI=1S/C25H34N4O/c1-26-13-15-28(17-21-9-5-3-6-10-21)23(19-26)25(30)24-20-27(2)14-16-29(24)18-22-11-7-4-8-12-22/h3-12,23-24H,13-20H2,1-2H3. The van der Waals surface area contributed by atoms with Gasteiger partial charge in [-0.25, -0.2) is 0 Å². The summed E-state index contributed by atoms with van der Waals surface area (Å²) in [7, 11) is 4.27. The van der Waals surface area contributed by atoms with Crippen molar-refractivity contribution in [3.8, 4) is 0 Å². The number of ketones is 1. The van der Waals surface area contributed by atoms with Crippen molar-refractivity contribution < 1.29 is 4.79 Å². The molecule has 2 atom stereocenters. The Kier molecular flexibility index (Phi) is 6.95. The van der Waals surface area contributed by atoms with Gasteiger partial charge < -0.3 is 9.80 Å². The van der Waals surface area contributed by atoms with E-state index in [0.717, 1.165) is 52.4 Å². The molecule has 2 fully saturated rings. The third-order valence-corrected chi connectivity index (χ3v) is 6.50. The molecular formula is C25H34N4O. The van der Waals surface area contributed by atoms with Gasteiger partial charge in [-0.2, -0.15) is 0 Å². The van der Waals surface area contributed by atoms with Crippen LogP contribution >= 0.6 is 0 Å². The molecule has 5 nitrogen and oxygen atoms in total. The van der Waals surface area contributed by atoms with E-state index in [0.29, 0.717) is 5.78 Å². The van der Waals surface area contributed by atoms with Gasteiger partial charge in [-0.15, -0.1) is 0 Å². The first-order valence-electron chi connectivity index (χ1n) is 11.1. The van der Waals surface area contributed by atoms with E-state index in [-0.39, 0.29) is 12.1 Å². The fourth-order valence-electron chi connectivity index (χ4n) is 4.69. The normalized spacial score (nSPS) is 24.7. The summed E-state index contributed by atoms with van der Waals surface area (Å²) in [5, 5.41) is 0. The summed E-state index contributed by atoms with van der Waals surface area (Å²) in [5.74, 6) is 0.375. The van der Waals surface area contributed by atoms with Crippen molar-refractivity contribution in [2.75, 3.05) is 53.4 Å². The summed E-state index contributed by atoms with van der Waals surface area (Å²) in [6.07, 6.45) is 0. The predicted octanol–water partition coefficient (Wildman–Crippen LogP) is 2.19. The highest BCUT2D eigenvalue weighted by Gasteiger charge is 2.39. The van der Waals surface area contributed by atoms with Crippen LogP contribution in [0.4, 0.5) is 0 Å². The molecule has 2 saturated heterocycles. The minimum absolute atomic E-state index is 0.0567. The van der Waals surface area contributed by atoms with Gasteiger partial charge >= 0.3 is 0 Å². The average Bonchev–Trinajstić information content (AvgIpc) is 2.77. The molecule has 0 saturated carbocycles. The zero-order chi connectivity index (χ0) is 20.9. The molecule has 0 spiro atoms. The number of Topliss-reactive ketones (excluding diaryl/α,β-unsaturated/α-hetero) is 1. The van der Waals surface area contributed by atoms with Crippen molar-refractivity contribution in [1.29, 1.82) is 0 Å². The van der Waals surface area contributed by atoms with Gasteiger partial charge in [0, 0.05) is 52.4 Å². The van der Waals surface area contributed by atoms with E-state index in [1.54, 1.807) is 0 Å². The monoisotopic (exact) mass is 406 g/mol. The third-order valence-electron chi connectivity index (χ3n) is 6.50. The lowest BCUT2D eigenvalue weighted by atomic mass is 9.96. The van der Waals surface area contributed by atoms with E-state index in [1.165, 1.54) is 11.1 Å². The number of benzene rings is 2. The van der Waals surface area contributed by atoms with Crippen molar-refractivity contribution in [3.63, 3.8) is 0 Å². The van der Waals surface area contributed by atoms with Crippen molar-refractivity contribution in [1.82, 2.24) is 19.6 Å². The smallest absolute Gasteiger partial charge is 0.169 e. The Balaban J connectivity index is 1.53. The molecule has 2 unspecified atom stereocenters. The maximum absolute atomic E-state index is 13.9. The SMILES string of the molecule is CN1CCN(Cc2ccccc2)C(C(=O)C2CN(C)CCN2Cc2ccccc2)C1. The van der Waals surface area contributed by atoms with Gasteiger partial charge in [-0.3, -0.25) is 14.6 Å². The van der Waals surface area contributed by atoms with Gasteiger partial charge in [0.15, 0.2) is 5.78 Å². The highest BCUT2D eigenvalue weighted by Crippen LogP contribution is 2.21. The van der Waals surface area contributed by atoms with Gasteiger partial charge in [0.05, 0.1) is 12.1 Å². The molecule has 0 amide bonds. The van der Waals surface area contributed by atoms with Crippen LogP contribution in [0.2, 0.25) is 0 Å². The molecule has 160 valence electrons. The van der Waals surface area contributed by atoms with Crippen LogP contribution in [0.15, 0.2) is 60.7 Å². The quantitative estimate of drug-likeness (QED) is 0.734. The van der Waals surface area contributed by atoms with E-state index in [9.17, 15) is 4.79 Å². The Bertz CT molecular complexity index is 745. The van der Waals surface area contributed by atoms with E-state index >= 15 is 0 Å². The van der Waals surface area contributed by atoms with Crippen LogP contribution in [0, 0.1) is 0 Å². The lowest BCUT2D eigenvalue weighted by molar-refractivity contribution is -0.134. The molecular weight excluding hydrogens is 372 g/mol. The average molecular weight is 407 g/mol. The lowest BCUT2D eigenvalue weighted by Gasteiger charge is -2.45. The molecule has 0 aromatic heterocycles. The molecule has 30 heavy (non-hydrogen) atoms. The van der Waals surface area contributed by atoms with Crippen LogP contribution in [0.25, 0.3) is 0 Å². The summed E-state index contributed by atoms with van der Waals surface area (Å²) in [6.45, 7) is 7.19. The lowest BCUT2D eigenvalue weighted by Crippen LogP contribution is -2.63. The Morgan fingerprint density at radius 1 is 0.700 bits per heavy atom. The number of likely N-dealkylation sites (N-methyl/N-ethyl adjacent to an activating group) is 2. The number of rotatable bonds is 6. The van der Waals surface area contributed by atoms with Crippen molar-refractivity contribution in [3.05, 3.63) is 71.8 Å². The predicted molar refractivity (Wildman–Crippen MR) is 121 cm³/mol. The fourth-order valence-corrected chi connectivity index (χ4v) is 4.69. The highest BCUT2D eigenvalue weighted by atomic mass is 16.1. The first-order valence-corrected chi connectivity index (χ1v) is 11.1. The molecule has 2 heterocycles. The van der Waals surface area contributed by atoms with Crippen LogP contribution in [0.3, 0.4) is 0 Å². The Labute approximate surface area is 180 Å². The highest BCUT2D eigenvalue weighted by molar-refractivity contribution is 5.89. The molecule has 0 N–H and O–H groups in total. The minimum atomic E-state index is -0.0567. The van der Waals surface area contributed by atoms with E-state index in [4.69, 9.17) is 0 Å². The first-order chi connectivity index (χ1) is 14.6. The summed E-state index contributed by atoms with van der Waals surface area (Å²) in [4.78, 5) is 23.3. The number of nitrogens with zero attached hydrogens (tertiary/aromatic N) is 4. The fraction of sp³-hybridized carbons (Fsp3) is 0.480. The van der Waals surface area contributed by atoms with Gasteiger partial charge in [0.1, 0.15) is 0 Å². The van der Waals surface area contributed by atoms with Gasteiger partial charge in [-0.05, 0) is 25.2 Å². The maximum atomic E-state index is 13.9. The second kappa shape index (κ2) is 9.84. The summed E-state index contributed by atoms with van der Waals surface area (Å²) in [5.41, 5.74) is 2.56. The van der Waals surface area contributed by atoms with Crippen LogP contribution < -0.4 is 0 Å². The topological polar surface area (TPSA) is 30.0 Å². The minimum Gasteiger partial charge on any atom is -0.303 e. The van der Waals surface area contributed by atoms with E-state index in [2.05, 4.69) is 94.4 Å². The number of piperazine rings is 2. The molecule has 0 radical (unpaired) electrons. The van der Waals surface area contributed by atoms with Gasteiger partial charge in [0.2, 0.25) is 0 Å². The number of carbonyl (C=O) groups is 1. The van der Waals surface area contributed by atoms with Crippen LogP contribution in [-0.2, 0) is 17.9 Å². The third kappa shape index (κ3) is 5.16. The van der Waals surface area contributed by atoms with Crippen molar-refractivity contribution in [2.24, 2.45) is 0 Å². The summed E-state index contributed by atoms with van der Waals surface area (Å²) < 4.78 is 0. The maximum Gasteiger partial charge on any atom is 0.169 e. The zero-order valence-electron chi connectivity index (χ0n) is 18.3. The summed E-state index contributed by atoms with van der Waals surface area (Å²) >= 11 is 0. The van der Waals surface area contributed by atoms with Crippen LogP contribution in [0.1, 0.15) is 11.1 Å². The molecule has 2 aliphatic heterocycles. The molecule has 0 bridgehead atoms.